The number of thiazole rings is 1. The summed E-state index contributed by atoms with van der Waals surface area (Å²) in [5.74, 6) is 0.331. The Morgan fingerprint density at radius 2 is 2.02 bits per heavy atom. The molecule has 15 nitrogen and oxygen atoms in total. The molecule has 1 saturated heterocycles. The first-order valence-electron chi connectivity index (χ1n) is 15.0. The fourth-order valence-corrected chi connectivity index (χ4v) is 5.76. The quantitative estimate of drug-likeness (QED) is 0.229. The summed E-state index contributed by atoms with van der Waals surface area (Å²) in [6.07, 6.45) is 5.21. The molecule has 0 aromatic carbocycles. The Hall–Kier alpha value is -4.70. The van der Waals surface area contributed by atoms with Crippen LogP contribution in [-0.2, 0) is 10.2 Å². The molecule has 46 heavy (non-hydrogen) atoms. The van der Waals surface area contributed by atoms with E-state index in [1.54, 1.807) is 24.3 Å². The molecule has 0 saturated carbocycles. The van der Waals surface area contributed by atoms with Gasteiger partial charge in [-0.1, -0.05) is 20.8 Å². The van der Waals surface area contributed by atoms with Gasteiger partial charge in [-0.2, -0.15) is 5.21 Å². The number of quaternary nitrogens is 1. The van der Waals surface area contributed by atoms with E-state index in [-0.39, 0.29) is 16.9 Å². The lowest BCUT2D eigenvalue weighted by Gasteiger charge is -2.34. The highest BCUT2D eigenvalue weighted by atomic mass is 32.1. The number of nitrogens with zero attached hydrogens (tertiary/aromatic N) is 8. The monoisotopic (exact) mass is 650 g/mol. The van der Waals surface area contributed by atoms with E-state index in [1.807, 2.05) is 10.3 Å². The topological polar surface area (TPSA) is 172 Å². The zero-order valence-electron chi connectivity index (χ0n) is 26.9. The van der Waals surface area contributed by atoms with Crippen LogP contribution in [0.1, 0.15) is 61.1 Å². The lowest BCUT2D eigenvalue weighted by molar-refractivity contribution is -0.869. The minimum atomic E-state index is -0.477. The normalized spacial score (nSPS) is 15.8. The standard InChI is InChI=1S/C30H39N11O4S/c1-30(2,3)22-18-46-28(32-22)34-26(42)19-11-14-40-24(16-19)33-25(21(27(40)43)9-10-23-35-37-38-36-23)39-13-7-8-20(17-39)45-29(44)31-12-15-41(4,5)6/h9-11,14,16,18,20H,7-8,12-13,15,17H2,1-6H3,(H2-,31,32,34,35,36,37,38,42,44)/p+1/t20-/m1/s1. The Bertz CT molecular complexity index is 1780. The number of ether oxygens (including phenoxy) is 1. The summed E-state index contributed by atoms with van der Waals surface area (Å²) in [5.41, 5.74) is 1.31. The van der Waals surface area contributed by atoms with Gasteiger partial charge >= 0.3 is 6.09 Å². The van der Waals surface area contributed by atoms with Gasteiger partial charge in [-0.05, 0) is 42.3 Å². The zero-order chi connectivity index (χ0) is 33.1. The molecule has 2 amide bonds. The van der Waals surface area contributed by atoms with Crippen molar-refractivity contribution >= 4 is 52.1 Å². The molecule has 244 valence electrons. The second kappa shape index (κ2) is 13.3. The van der Waals surface area contributed by atoms with Crippen molar-refractivity contribution < 1.29 is 18.8 Å². The van der Waals surface area contributed by atoms with Crippen LogP contribution in [0.25, 0.3) is 17.8 Å². The fraction of sp³-hybridized carbons (Fsp3) is 0.467. The number of likely N-dealkylation sites (N-methyl/N-ethyl adjacent to an activating group) is 1. The number of hydrogen-bond acceptors (Lipinski definition) is 11. The minimum absolute atomic E-state index is 0.145. The Morgan fingerprint density at radius 1 is 1.22 bits per heavy atom. The summed E-state index contributed by atoms with van der Waals surface area (Å²) < 4.78 is 7.85. The van der Waals surface area contributed by atoms with E-state index in [0.29, 0.717) is 64.1 Å². The van der Waals surface area contributed by atoms with Gasteiger partial charge in [0, 0.05) is 29.1 Å². The highest BCUT2D eigenvalue weighted by Gasteiger charge is 2.27. The first-order chi connectivity index (χ1) is 21.8. The fourth-order valence-electron chi connectivity index (χ4n) is 4.82. The summed E-state index contributed by atoms with van der Waals surface area (Å²) in [7, 11) is 6.15. The number of hydrogen-bond donors (Lipinski definition) is 3. The van der Waals surface area contributed by atoms with Gasteiger partial charge in [0.15, 0.2) is 11.0 Å². The molecule has 5 heterocycles. The number of aromatic nitrogens is 7. The second-order valence-electron chi connectivity index (χ2n) is 13.2. The van der Waals surface area contributed by atoms with Crippen LogP contribution in [0.4, 0.5) is 15.7 Å². The number of amides is 2. The van der Waals surface area contributed by atoms with Gasteiger partial charge in [0.1, 0.15) is 17.6 Å². The summed E-state index contributed by atoms with van der Waals surface area (Å²) in [4.78, 5) is 50.9. The predicted molar refractivity (Wildman–Crippen MR) is 176 cm³/mol. The van der Waals surface area contributed by atoms with Crippen molar-refractivity contribution in [3.63, 3.8) is 0 Å². The lowest BCUT2D eigenvalue weighted by atomic mass is 9.93. The molecule has 1 aliphatic rings. The molecule has 1 aliphatic heterocycles. The number of carbonyl (C=O) groups excluding carboxylic acids is 2. The smallest absolute Gasteiger partial charge is 0.407 e. The van der Waals surface area contributed by atoms with Crippen molar-refractivity contribution in [2.45, 2.75) is 45.1 Å². The van der Waals surface area contributed by atoms with Crippen molar-refractivity contribution in [3.05, 3.63) is 56.7 Å². The first kappa shape index (κ1) is 32.7. The molecule has 0 unspecified atom stereocenters. The van der Waals surface area contributed by atoms with Gasteiger partial charge in [0.2, 0.25) is 0 Å². The Kier molecular flexibility index (Phi) is 9.48. The van der Waals surface area contributed by atoms with E-state index in [0.717, 1.165) is 18.7 Å². The molecule has 4 aromatic rings. The number of aromatic amines is 1. The number of H-pyrrole nitrogens is 1. The average molecular weight is 651 g/mol. The van der Waals surface area contributed by atoms with Crippen LogP contribution in [0.5, 0.6) is 0 Å². The number of rotatable bonds is 9. The zero-order valence-corrected chi connectivity index (χ0v) is 27.7. The molecule has 0 spiro atoms. The molecule has 4 aromatic heterocycles. The van der Waals surface area contributed by atoms with Crippen molar-refractivity contribution in [1.29, 1.82) is 0 Å². The number of nitrogens with one attached hydrogen (secondary N) is 3. The van der Waals surface area contributed by atoms with E-state index < -0.39 is 12.2 Å². The van der Waals surface area contributed by atoms with Crippen molar-refractivity contribution in [3.8, 4) is 0 Å². The van der Waals surface area contributed by atoms with Crippen LogP contribution < -0.4 is 21.1 Å². The Balaban J connectivity index is 1.42. The Morgan fingerprint density at radius 3 is 2.72 bits per heavy atom. The highest BCUT2D eigenvalue weighted by Crippen LogP contribution is 2.27. The number of alkyl carbamates (subject to hydrolysis) is 1. The first-order valence-corrected chi connectivity index (χ1v) is 15.9. The number of tetrazole rings is 1. The van der Waals surface area contributed by atoms with Gasteiger partial charge in [-0.25, -0.2) is 14.8 Å². The van der Waals surface area contributed by atoms with E-state index >= 15 is 0 Å². The lowest BCUT2D eigenvalue weighted by Crippen LogP contribution is -2.45. The molecule has 0 radical (unpaired) electrons. The summed E-state index contributed by atoms with van der Waals surface area (Å²) in [6.45, 7) is 8.36. The van der Waals surface area contributed by atoms with Crippen LogP contribution >= 0.6 is 11.3 Å². The summed E-state index contributed by atoms with van der Waals surface area (Å²) >= 11 is 1.36. The molecular weight excluding hydrogens is 610 g/mol. The maximum atomic E-state index is 13.9. The number of carbonyl (C=O) groups is 2. The number of piperidine rings is 1. The van der Waals surface area contributed by atoms with E-state index in [9.17, 15) is 14.4 Å². The van der Waals surface area contributed by atoms with E-state index in [1.165, 1.54) is 21.9 Å². The maximum absolute atomic E-state index is 13.9. The summed E-state index contributed by atoms with van der Waals surface area (Å²) in [5, 5.41) is 21.9. The third kappa shape index (κ3) is 8.11. The Labute approximate surface area is 270 Å². The van der Waals surface area contributed by atoms with E-state index in [2.05, 4.69) is 78.2 Å². The summed E-state index contributed by atoms with van der Waals surface area (Å²) in [6, 6.07) is 3.14. The highest BCUT2D eigenvalue weighted by molar-refractivity contribution is 7.14. The number of anilines is 2. The molecular formula is C30H40N11O4S+. The van der Waals surface area contributed by atoms with Gasteiger partial charge in [0.05, 0.1) is 52.0 Å². The molecule has 5 rings (SSSR count). The minimum Gasteiger partial charge on any atom is -0.444 e. The average Bonchev–Trinajstić information content (AvgIpc) is 3.68. The third-order valence-corrected chi connectivity index (χ3v) is 8.12. The number of fused-ring (bicyclic) bond motifs is 1. The predicted octanol–water partition coefficient (Wildman–Crippen LogP) is 2.79. The molecule has 3 N–H and O–H groups in total. The SMILES string of the molecule is CC(C)(C)c1csc(NC(=O)c2ccn3c(=O)c(/C=C/c4nn[nH]n4)c(N4CCC[C@@H](OC(=O)NCC[N+](C)(C)C)C4)nc3c2)n1. The van der Waals surface area contributed by atoms with Gasteiger partial charge < -0.3 is 19.4 Å². The third-order valence-electron chi connectivity index (χ3n) is 7.36. The second-order valence-corrected chi connectivity index (χ2v) is 14.1. The number of pyridine rings is 1. The van der Waals surface area contributed by atoms with Crippen LogP contribution in [-0.4, -0.2) is 105 Å². The van der Waals surface area contributed by atoms with Crippen molar-refractivity contribution in [1.82, 2.24) is 40.3 Å². The van der Waals surface area contributed by atoms with Gasteiger partial charge in [0.25, 0.3) is 11.5 Å². The van der Waals surface area contributed by atoms with Crippen LogP contribution in [0.3, 0.4) is 0 Å². The van der Waals surface area contributed by atoms with Crippen molar-refractivity contribution in [2.75, 3.05) is 57.5 Å². The van der Waals surface area contributed by atoms with Crippen molar-refractivity contribution in [2.24, 2.45) is 0 Å². The van der Waals surface area contributed by atoms with Crippen LogP contribution in [0, 0.1) is 0 Å². The molecule has 1 atom stereocenters. The van der Waals surface area contributed by atoms with Crippen LogP contribution in [0.2, 0.25) is 0 Å². The van der Waals surface area contributed by atoms with Gasteiger partial charge in [-0.3, -0.25) is 19.3 Å². The molecule has 0 aliphatic carbocycles. The van der Waals surface area contributed by atoms with E-state index in [4.69, 9.17) is 9.72 Å². The molecule has 1 fully saturated rings. The molecule has 0 bridgehead atoms. The largest absolute Gasteiger partial charge is 0.444 e. The maximum Gasteiger partial charge on any atom is 0.407 e. The molecule has 16 heteroatoms. The van der Waals surface area contributed by atoms with Crippen LogP contribution in [0.15, 0.2) is 28.5 Å². The van der Waals surface area contributed by atoms with Gasteiger partial charge in [-0.15, -0.1) is 21.5 Å².